The Hall–Kier alpha value is 0.0700. The first-order valence-corrected chi connectivity index (χ1v) is 5.85. The fourth-order valence-corrected chi connectivity index (χ4v) is 2.06. The van der Waals surface area contributed by atoms with Crippen molar-refractivity contribution in [2.45, 2.75) is 19.1 Å². The molecule has 1 fully saturated rings. The van der Waals surface area contributed by atoms with E-state index in [9.17, 15) is 4.79 Å². The van der Waals surface area contributed by atoms with Crippen LogP contribution < -0.4 is 0 Å². The van der Waals surface area contributed by atoms with Crippen molar-refractivity contribution in [3.8, 4) is 0 Å². The van der Waals surface area contributed by atoms with Crippen LogP contribution in [0.4, 0.5) is 0 Å². The minimum atomic E-state index is -0.744. The summed E-state index contributed by atoms with van der Waals surface area (Å²) in [5.41, 5.74) is 0. The lowest BCUT2D eigenvalue weighted by atomic mass is 10.3. The molecule has 1 rings (SSSR count). The molecule has 13 heavy (non-hydrogen) atoms. The molecule has 0 saturated carbocycles. The van der Waals surface area contributed by atoms with Crippen molar-refractivity contribution in [3.63, 3.8) is 0 Å². The number of thioether (sulfide) groups is 1. The van der Waals surface area contributed by atoms with Crippen LogP contribution in [0, 0.1) is 0 Å². The third-order valence-electron chi connectivity index (χ3n) is 1.63. The minimum Gasteiger partial charge on any atom is -0.432 e. The molecule has 0 bridgehead atoms. The Bertz CT molecular complexity index is 180. The van der Waals surface area contributed by atoms with Crippen LogP contribution in [0.25, 0.3) is 0 Å². The number of esters is 1. The van der Waals surface area contributed by atoms with Gasteiger partial charge in [-0.15, -0.1) is 11.6 Å². The molecule has 1 unspecified atom stereocenters. The molecule has 0 spiro atoms. The molecular formula is C8H13ClO3S. The maximum absolute atomic E-state index is 11.1. The van der Waals surface area contributed by atoms with E-state index in [1.54, 1.807) is 18.7 Å². The second-order valence-corrected chi connectivity index (χ2v) is 4.43. The summed E-state index contributed by atoms with van der Waals surface area (Å²) in [5, 5.41) is 0. The third-order valence-corrected chi connectivity index (χ3v) is 3.00. The number of hydrogen-bond acceptors (Lipinski definition) is 4. The molecule has 1 aliphatic heterocycles. The predicted octanol–water partition coefficient (Wildman–Crippen LogP) is 1.64. The van der Waals surface area contributed by atoms with Crippen LogP contribution in [0.3, 0.4) is 0 Å². The standard InChI is InChI=1S/C8H13ClO3S/c1-8(6-13-5-4-11-8)12-7(10)2-3-9/h2-6H2,1H3. The molecule has 1 saturated heterocycles. The van der Waals surface area contributed by atoms with E-state index in [1.807, 2.05) is 0 Å². The Kier molecular flexibility index (Phi) is 4.35. The largest absolute Gasteiger partial charge is 0.432 e. The van der Waals surface area contributed by atoms with Gasteiger partial charge in [0.15, 0.2) is 0 Å². The minimum absolute atomic E-state index is 0.241. The number of alkyl halides is 1. The van der Waals surface area contributed by atoms with E-state index in [0.717, 1.165) is 5.75 Å². The van der Waals surface area contributed by atoms with Crippen molar-refractivity contribution in [1.82, 2.24) is 0 Å². The number of rotatable bonds is 3. The number of halogens is 1. The molecule has 1 heterocycles. The zero-order valence-electron chi connectivity index (χ0n) is 7.55. The molecule has 0 amide bonds. The highest BCUT2D eigenvalue weighted by Crippen LogP contribution is 2.24. The Morgan fingerprint density at radius 2 is 2.54 bits per heavy atom. The summed E-state index contributed by atoms with van der Waals surface area (Å²) in [4.78, 5) is 11.1. The fourth-order valence-electron chi connectivity index (χ4n) is 1.04. The van der Waals surface area contributed by atoms with E-state index >= 15 is 0 Å². The van der Waals surface area contributed by atoms with Gasteiger partial charge in [0.05, 0.1) is 18.8 Å². The van der Waals surface area contributed by atoms with Crippen LogP contribution in [0.15, 0.2) is 0 Å². The first-order chi connectivity index (χ1) is 6.16. The third kappa shape index (κ3) is 3.75. The molecule has 3 nitrogen and oxygen atoms in total. The molecular weight excluding hydrogens is 212 g/mol. The Balaban J connectivity index is 2.36. The molecule has 5 heteroatoms. The van der Waals surface area contributed by atoms with Crippen LogP contribution in [0.5, 0.6) is 0 Å². The van der Waals surface area contributed by atoms with Crippen molar-refractivity contribution >= 4 is 29.3 Å². The van der Waals surface area contributed by atoms with Gasteiger partial charge in [-0.2, -0.15) is 11.8 Å². The molecule has 1 aliphatic rings. The summed E-state index contributed by atoms with van der Waals surface area (Å²) in [6, 6.07) is 0. The van der Waals surface area contributed by atoms with Gasteiger partial charge in [-0.3, -0.25) is 4.79 Å². The van der Waals surface area contributed by atoms with Gasteiger partial charge in [-0.25, -0.2) is 0 Å². The SMILES string of the molecule is CC1(OC(=O)CCCl)CSCCO1. The summed E-state index contributed by atoms with van der Waals surface area (Å²) in [6.45, 7) is 2.42. The Morgan fingerprint density at radius 1 is 1.77 bits per heavy atom. The van der Waals surface area contributed by atoms with Crippen LogP contribution in [0.2, 0.25) is 0 Å². The van der Waals surface area contributed by atoms with Gasteiger partial charge in [0.25, 0.3) is 0 Å². The van der Waals surface area contributed by atoms with Crippen molar-refractivity contribution in [1.29, 1.82) is 0 Å². The highest BCUT2D eigenvalue weighted by atomic mass is 35.5. The molecule has 0 N–H and O–H groups in total. The highest BCUT2D eigenvalue weighted by molar-refractivity contribution is 7.99. The lowest BCUT2D eigenvalue weighted by molar-refractivity contribution is -0.212. The smallest absolute Gasteiger partial charge is 0.309 e. The lowest BCUT2D eigenvalue weighted by Gasteiger charge is -2.32. The maximum Gasteiger partial charge on any atom is 0.309 e. The van der Waals surface area contributed by atoms with Gasteiger partial charge in [-0.1, -0.05) is 0 Å². The summed E-state index contributed by atoms with van der Waals surface area (Å²) >= 11 is 7.14. The average Bonchev–Trinajstić information content (AvgIpc) is 2.04. The molecule has 0 radical (unpaired) electrons. The molecule has 0 aromatic rings. The maximum atomic E-state index is 11.1. The summed E-state index contributed by atoms with van der Waals surface area (Å²) in [5.74, 6) is 0.914. The van der Waals surface area contributed by atoms with Gasteiger partial charge in [-0.05, 0) is 0 Å². The van der Waals surface area contributed by atoms with Gasteiger partial charge < -0.3 is 9.47 Å². The van der Waals surface area contributed by atoms with Gasteiger partial charge in [0, 0.05) is 18.6 Å². The van der Waals surface area contributed by atoms with Crippen LogP contribution in [-0.4, -0.2) is 35.7 Å². The van der Waals surface area contributed by atoms with Gasteiger partial charge in [0.1, 0.15) is 0 Å². The number of hydrogen-bond donors (Lipinski definition) is 0. The van der Waals surface area contributed by atoms with Gasteiger partial charge >= 0.3 is 5.97 Å². The van der Waals surface area contributed by atoms with E-state index in [2.05, 4.69) is 0 Å². The number of ether oxygens (including phenoxy) is 2. The molecule has 0 aliphatic carbocycles. The van der Waals surface area contributed by atoms with Crippen molar-refractivity contribution in [3.05, 3.63) is 0 Å². The highest BCUT2D eigenvalue weighted by Gasteiger charge is 2.32. The van der Waals surface area contributed by atoms with Gasteiger partial charge in [0.2, 0.25) is 5.79 Å². The lowest BCUT2D eigenvalue weighted by Crippen LogP contribution is -2.41. The Labute approximate surface area is 87.1 Å². The average molecular weight is 225 g/mol. The zero-order valence-corrected chi connectivity index (χ0v) is 9.12. The fraction of sp³-hybridized carbons (Fsp3) is 0.875. The molecule has 0 aromatic carbocycles. The first-order valence-electron chi connectivity index (χ1n) is 4.16. The van der Waals surface area contributed by atoms with E-state index in [1.165, 1.54) is 0 Å². The summed E-state index contributed by atoms with van der Waals surface area (Å²) < 4.78 is 10.5. The summed E-state index contributed by atoms with van der Waals surface area (Å²) in [6.07, 6.45) is 0.241. The number of carbonyl (C=O) groups excluding carboxylic acids is 1. The predicted molar refractivity (Wildman–Crippen MR) is 53.1 cm³/mol. The second kappa shape index (κ2) is 5.08. The monoisotopic (exact) mass is 224 g/mol. The topological polar surface area (TPSA) is 35.5 Å². The van der Waals surface area contributed by atoms with Crippen molar-refractivity contribution in [2.75, 3.05) is 24.0 Å². The molecule has 1 atom stereocenters. The van der Waals surface area contributed by atoms with E-state index in [4.69, 9.17) is 21.1 Å². The van der Waals surface area contributed by atoms with E-state index < -0.39 is 5.79 Å². The van der Waals surface area contributed by atoms with Crippen LogP contribution >= 0.6 is 23.4 Å². The van der Waals surface area contributed by atoms with Crippen molar-refractivity contribution < 1.29 is 14.3 Å². The Morgan fingerprint density at radius 3 is 3.08 bits per heavy atom. The van der Waals surface area contributed by atoms with Crippen molar-refractivity contribution in [2.24, 2.45) is 0 Å². The normalized spacial score (nSPS) is 28.5. The molecule has 76 valence electrons. The van der Waals surface area contributed by atoms with Crippen LogP contribution in [0.1, 0.15) is 13.3 Å². The first kappa shape index (κ1) is 11.1. The molecule has 0 aromatic heterocycles. The second-order valence-electron chi connectivity index (χ2n) is 2.95. The zero-order chi connectivity index (χ0) is 9.73. The van der Waals surface area contributed by atoms with Crippen LogP contribution in [-0.2, 0) is 14.3 Å². The van der Waals surface area contributed by atoms with E-state index in [-0.39, 0.29) is 12.4 Å². The summed E-state index contributed by atoms with van der Waals surface area (Å²) in [7, 11) is 0. The van der Waals surface area contributed by atoms with E-state index in [0.29, 0.717) is 18.2 Å². The number of carbonyl (C=O) groups is 1. The quantitative estimate of drug-likeness (QED) is 0.539.